The highest BCUT2D eigenvalue weighted by Crippen LogP contribution is 2.33. The van der Waals surface area contributed by atoms with E-state index in [2.05, 4.69) is 29.2 Å². The van der Waals surface area contributed by atoms with Crippen molar-refractivity contribution < 1.29 is 4.74 Å². The van der Waals surface area contributed by atoms with Gasteiger partial charge in [0.25, 0.3) is 0 Å². The molecule has 0 radical (unpaired) electrons. The van der Waals surface area contributed by atoms with Crippen molar-refractivity contribution in [2.75, 3.05) is 19.8 Å². The van der Waals surface area contributed by atoms with Gasteiger partial charge in [-0.1, -0.05) is 24.3 Å². The first-order valence-electron chi connectivity index (χ1n) is 5.94. The highest BCUT2D eigenvalue weighted by Gasteiger charge is 2.41. The largest absolute Gasteiger partial charge is 0.379 e. The summed E-state index contributed by atoms with van der Waals surface area (Å²) < 4.78 is 5.54. The van der Waals surface area contributed by atoms with E-state index in [4.69, 9.17) is 10.5 Å². The molecule has 0 aliphatic carbocycles. The number of ether oxygens (including phenoxy) is 1. The fourth-order valence-electron chi connectivity index (χ4n) is 2.80. The van der Waals surface area contributed by atoms with Crippen molar-refractivity contribution >= 4 is 0 Å². The second-order valence-corrected chi connectivity index (χ2v) is 4.86. The van der Waals surface area contributed by atoms with Crippen LogP contribution >= 0.6 is 0 Å². The third kappa shape index (κ3) is 1.47. The van der Waals surface area contributed by atoms with Gasteiger partial charge < -0.3 is 10.5 Å². The molecule has 1 atom stereocenters. The molecule has 3 nitrogen and oxygen atoms in total. The predicted molar refractivity (Wildman–Crippen MR) is 62.9 cm³/mol. The maximum absolute atomic E-state index is 5.96. The van der Waals surface area contributed by atoms with Crippen LogP contribution in [0.3, 0.4) is 0 Å². The summed E-state index contributed by atoms with van der Waals surface area (Å²) in [4.78, 5) is 2.49. The minimum atomic E-state index is 0.0824. The minimum Gasteiger partial charge on any atom is -0.379 e. The zero-order valence-corrected chi connectivity index (χ0v) is 9.48. The van der Waals surface area contributed by atoms with E-state index < -0.39 is 0 Å². The van der Waals surface area contributed by atoms with Gasteiger partial charge >= 0.3 is 0 Å². The van der Waals surface area contributed by atoms with Crippen LogP contribution in [0.1, 0.15) is 17.5 Å². The van der Waals surface area contributed by atoms with Gasteiger partial charge in [0, 0.05) is 26.2 Å². The summed E-state index contributed by atoms with van der Waals surface area (Å²) in [5.41, 5.74) is 8.94. The van der Waals surface area contributed by atoms with E-state index in [-0.39, 0.29) is 5.54 Å². The van der Waals surface area contributed by atoms with Gasteiger partial charge in [-0.05, 0) is 17.5 Å². The topological polar surface area (TPSA) is 38.5 Å². The lowest BCUT2D eigenvalue weighted by Crippen LogP contribution is -2.52. The lowest BCUT2D eigenvalue weighted by Gasteiger charge is -2.36. The van der Waals surface area contributed by atoms with Gasteiger partial charge in [-0.3, -0.25) is 4.90 Å². The quantitative estimate of drug-likeness (QED) is 0.808. The van der Waals surface area contributed by atoms with E-state index >= 15 is 0 Å². The molecule has 1 unspecified atom stereocenters. The summed E-state index contributed by atoms with van der Waals surface area (Å²) >= 11 is 0. The molecule has 16 heavy (non-hydrogen) atoms. The van der Waals surface area contributed by atoms with Gasteiger partial charge in [0.1, 0.15) is 0 Å². The van der Waals surface area contributed by atoms with Crippen LogP contribution < -0.4 is 5.73 Å². The van der Waals surface area contributed by atoms with Crippen LogP contribution in [0.2, 0.25) is 0 Å². The SMILES string of the molecule is NCC1(N2Cc3ccccc3C2)CCOC1. The summed E-state index contributed by atoms with van der Waals surface area (Å²) in [5, 5.41) is 0. The summed E-state index contributed by atoms with van der Waals surface area (Å²) in [6.45, 7) is 4.38. The summed E-state index contributed by atoms with van der Waals surface area (Å²) in [7, 11) is 0. The first-order chi connectivity index (χ1) is 7.84. The van der Waals surface area contributed by atoms with E-state index in [9.17, 15) is 0 Å². The number of nitrogens with zero attached hydrogens (tertiary/aromatic N) is 1. The minimum absolute atomic E-state index is 0.0824. The molecule has 0 saturated carbocycles. The second-order valence-electron chi connectivity index (χ2n) is 4.86. The Hall–Kier alpha value is -0.900. The third-order valence-corrected chi connectivity index (χ3v) is 3.97. The molecule has 0 spiro atoms. The Bertz CT molecular complexity index is 360. The molecule has 1 saturated heterocycles. The van der Waals surface area contributed by atoms with E-state index in [0.717, 1.165) is 32.7 Å². The van der Waals surface area contributed by atoms with Crippen molar-refractivity contribution in [3.8, 4) is 0 Å². The molecule has 3 rings (SSSR count). The first-order valence-corrected chi connectivity index (χ1v) is 5.94. The van der Waals surface area contributed by atoms with Crippen LogP contribution in [-0.4, -0.2) is 30.2 Å². The van der Waals surface area contributed by atoms with Crippen LogP contribution in [0.25, 0.3) is 0 Å². The predicted octanol–water partition coefficient (Wildman–Crippen LogP) is 1.12. The molecule has 1 fully saturated rings. The Morgan fingerprint density at radius 3 is 2.44 bits per heavy atom. The molecule has 86 valence electrons. The van der Waals surface area contributed by atoms with Crippen molar-refractivity contribution in [2.24, 2.45) is 5.73 Å². The normalized spacial score (nSPS) is 29.6. The van der Waals surface area contributed by atoms with Gasteiger partial charge in [-0.2, -0.15) is 0 Å². The maximum atomic E-state index is 5.96. The molecule has 2 aliphatic rings. The highest BCUT2D eigenvalue weighted by atomic mass is 16.5. The number of fused-ring (bicyclic) bond motifs is 1. The van der Waals surface area contributed by atoms with Gasteiger partial charge in [0.05, 0.1) is 12.1 Å². The zero-order valence-electron chi connectivity index (χ0n) is 9.48. The number of nitrogens with two attached hydrogens (primary N) is 1. The summed E-state index contributed by atoms with van der Waals surface area (Å²) in [6.07, 6.45) is 1.07. The van der Waals surface area contributed by atoms with Crippen molar-refractivity contribution in [2.45, 2.75) is 25.0 Å². The molecule has 3 heteroatoms. The summed E-state index contributed by atoms with van der Waals surface area (Å²) in [5.74, 6) is 0. The Morgan fingerprint density at radius 2 is 1.94 bits per heavy atom. The Kier molecular flexibility index (Phi) is 2.46. The van der Waals surface area contributed by atoms with Gasteiger partial charge in [0.2, 0.25) is 0 Å². The molecule has 1 aromatic rings. The number of rotatable bonds is 2. The zero-order chi connectivity index (χ0) is 11.0. The summed E-state index contributed by atoms with van der Waals surface area (Å²) in [6, 6.07) is 8.66. The fourth-order valence-corrected chi connectivity index (χ4v) is 2.80. The average Bonchev–Trinajstić information content (AvgIpc) is 2.96. The molecule has 2 N–H and O–H groups in total. The molecule has 0 amide bonds. The van der Waals surface area contributed by atoms with E-state index in [0.29, 0.717) is 6.54 Å². The van der Waals surface area contributed by atoms with E-state index in [1.54, 1.807) is 0 Å². The van der Waals surface area contributed by atoms with Crippen molar-refractivity contribution in [1.29, 1.82) is 0 Å². The fraction of sp³-hybridized carbons (Fsp3) is 0.538. The molecule has 2 aliphatic heterocycles. The Balaban J connectivity index is 1.84. The Morgan fingerprint density at radius 1 is 1.25 bits per heavy atom. The van der Waals surface area contributed by atoms with E-state index in [1.807, 2.05) is 0 Å². The van der Waals surface area contributed by atoms with Crippen LogP contribution in [0, 0.1) is 0 Å². The van der Waals surface area contributed by atoms with Crippen LogP contribution in [0.4, 0.5) is 0 Å². The molecule has 1 aromatic carbocycles. The lowest BCUT2D eigenvalue weighted by molar-refractivity contribution is 0.0694. The van der Waals surface area contributed by atoms with Crippen LogP contribution in [-0.2, 0) is 17.8 Å². The number of hydrogen-bond donors (Lipinski definition) is 1. The van der Waals surface area contributed by atoms with Crippen molar-refractivity contribution in [3.63, 3.8) is 0 Å². The molecular weight excluding hydrogens is 200 g/mol. The smallest absolute Gasteiger partial charge is 0.0663 e. The number of hydrogen-bond acceptors (Lipinski definition) is 3. The van der Waals surface area contributed by atoms with E-state index in [1.165, 1.54) is 11.1 Å². The first kappa shape index (κ1) is 10.3. The molecular formula is C13H18N2O. The van der Waals surface area contributed by atoms with Crippen molar-refractivity contribution in [1.82, 2.24) is 4.90 Å². The highest BCUT2D eigenvalue weighted by molar-refractivity contribution is 5.31. The maximum Gasteiger partial charge on any atom is 0.0663 e. The second kappa shape index (κ2) is 3.84. The van der Waals surface area contributed by atoms with Crippen LogP contribution in [0.5, 0.6) is 0 Å². The monoisotopic (exact) mass is 218 g/mol. The Labute approximate surface area is 96.2 Å². The lowest BCUT2D eigenvalue weighted by atomic mass is 9.97. The van der Waals surface area contributed by atoms with Crippen molar-refractivity contribution in [3.05, 3.63) is 35.4 Å². The van der Waals surface area contributed by atoms with Gasteiger partial charge in [0.15, 0.2) is 0 Å². The molecule has 2 heterocycles. The van der Waals surface area contributed by atoms with Gasteiger partial charge in [-0.25, -0.2) is 0 Å². The van der Waals surface area contributed by atoms with Gasteiger partial charge in [-0.15, -0.1) is 0 Å². The third-order valence-electron chi connectivity index (χ3n) is 3.97. The van der Waals surface area contributed by atoms with Crippen LogP contribution in [0.15, 0.2) is 24.3 Å². The molecule has 0 bridgehead atoms. The number of benzene rings is 1. The standard InChI is InChI=1S/C13H18N2O/c14-9-13(5-6-16-10-13)15-7-11-3-1-2-4-12(11)8-15/h1-4H,5-10,14H2. The average molecular weight is 218 g/mol. The molecule has 0 aromatic heterocycles.